The highest BCUT2D eigenvalue weighted by Gasteiger charge is 2.52. The summed E-state index contributed by atoms with van der Waals surface area (Å²) in [6, 6.07) is 18.0. The minimum absolute atomic E-state index is 0.0470. The van der Waals surface area contributed by atoms with E-state index in [4.69, 9.17) is 0 Å². The predicted molar refractivity (Wildman–Crippen MR) is 106 cm³/mol. The Morgan fingerprint density at radius 3 is 2.22 bits per heavy atom. The summed E-state index contributed by atoms with van der Waals surface area (Å²) in [4.78, 5) is 26.9. The number of hydrogen-bond acceptors (Lipinski definition) is 2. The van der Waals surface area contributed by atoms with E-state index in [-0.39, 0.29) is 11.9 Å². The number of carbonyl (C=O) groups excluding carboxylic acids is 2. The van der Waals surface area contributed by atoms with Crippen molar-refractivity contribution in [1.82, 2.24) is 10.2 Å². The number of nitrogens with zero attached hydrogens (tertiary/aromatic N) is 1. The van der Waals surface area contributed by atoms with Gasteiger partial charge in [0.15, 0.2) is 0 Å². The van der Waals surface area contributed by atoms with E-state index in [0.717, 1.165) is 48.8 Å². The molecule has 4 rings (SSSR count). The van der Waals surface area contributed by atoms with E-state index in [9.17, 15) is 9.59 Å². The van der Waals surface area contributed by atoms with Gasteiger partial charge < -0.3 is 5.32 Å². The molecule has 2 aliphatic rings. The van der Waals surface area contributed by atoms with Crippen LogP contribution in [0.3, 0.4) is 0 Å². The topological polar surface area (TPSA) is 49.4 Å². The average Bonchev–Trinajstić information content (AvgIpc) is 2.94. The van der Waals surface area contributed by atoms with E-state index in [1.165, 1.54) is 4.90 Å². The van der Waals surface area contributed by atoms with Crippen LogP contribution in [0.5, 0.6) is 0 Å². The zero-order valence-corrected chi connectivity index (χ0v) is 15.8. The summed E-state index contributed by atoms with van der Waals surface area (Å²) in [5.41, 5.74) is 2.60. The highest BCUT2D eigenvalue weighted by atomic mass is 16.2. The van der Waals surface area contributed by atoms with Crippen LogP contribution < -0.4 is 5.32 Å². The molecule has 1 heterocycles. The van der Waals surface area contributed by atoms with Gasteiger partial charge in [-0.1, -0.05) is 67.9 Å². The number of nitrogens with one attached hydrogen (secondary N) is 1. The van der Waals surface area contributed by atoms with Gasteiger partial charge in [-0.15, -0.1) is 0 Å². The number of amides is 3. The molecule has 27 heavy (non-hydrogen) atoms. The first kappa shape index (κ1) is 17.8. The second kappa shape index (κ2) is 7.18. The second-order valence-electron chi connectivity index (χ2n) is 7.82. The molecule has 0 bridgehead atoms. The third-order valence-electron chi connectivity index (χ3n) is 6.18. The van der Waals surface area contributed by atoms with Crippen LogP contribution in [0.15, 0.2) is 54.6 Å². The molecule has 1 aliphatic carbocycles. The van der Waals surface area contributed by atoms with Crippen LogP contribution in [0.2, 0.25) is 0 Å². The van der Waals surface area contributed by atoms with Crippen LogP contribution in [0.25, 0.3) is 11.1 Å². The Morgan fingerprint density at radius 2 is 1.59 bits per heavy atom. The van der Waals surface area contributed by atoms with Gasteiger partial charge in [-0.3, -0.25) is 9.69 Å². The molecule has 1 saturated heterocycles. The van der Waals surface area contributed by atoms with E-state index in [1.54, 1.807) is 0 Å². The summed E-state index contributed by atoms with van der Waals surface area (Å²) in [6.45, 7) is 2.53. The number of benzene rings is 2. The number of urea groups is 1. The van der Waals surface area contributed by atoms with Crippen molar-refractivity contribution < 1.29 is 9.59 Å². The molecule has 1 spiro atoms. The highest BCUT2D eigenvalue weighted by Crippen LogP contribution is 2.38. The molecule has 2 fully saturated rings. The van der Waals surface area contributed by atoms with Gasteiger partial charge in [0.25, 0.3) is 5.91 Å². The van der Waals surface area contributed by atoms with Crippen molar-refractivity contribution in [3.8, 4) is 11.1 Å². The maximum Gasteiger partial charge on any atom is 0.325 e. The number of rotatable bonds is 4. The van der Waals surface area contributed by atoms with E-state index in [1.807, 2.05) is 42.5 Å². The largest absolute Gasteiger partial charge is 0.325 e. The first-order valence-corrected chi connectivity index (χ1v) is 9.90. The molecule has 2 aromatic rings. The molecule has 1 aliphatic heterocycles. The lowest BCUT2D eigenvalue weighted by Gasteiger charge is -2.34. The van der Waals surface area contributed by atoms with Gasteiger partial charge in [-0.05, 0) is 48.3 Å². The van der Waals surface area contributed by atoms with E-state index >= 15 is 0 Å². The van der Waals surface area contributed by atoms with Crippen LogP contribution in [-0.2, 0) is 11.3 Å². The molecule has 0 radical (unpaired) electrons. The van der Waals surface area contributed by atoms with E-state index in [0.29, 0.717) is 12.5 Å². The van der Waals surface area contributed by atoms with Gasteiger partial charge >= 0.3 is 6.03 Å². The lowest BCUT2D eigenvalue weighted by molar-refractivity contribution is -0.133. The van der Waals surface area contributed by atoms with Crippen LogP contribution in [0, 0.1) is 5.92 Å². The SMILES string of the molecule is CCC1CCC2(CC1)NC(=O)N(Cc1ccc(-c3ccccc3)cc1)C2=O. The molecule has 4 heteroatoms. The van der Waals surface area contributed by atoms with Crippen LogP contribution >= 0.6 is 0 Å². The third kappa shape index (κ3) is 3.36. The van der Waals surface area contributed by atoms with Crippen LogP contribution in [-0.4, -0.2) is 22.4 Å². The normalized spacial score (nSPS) is 25.1. The van der Waals surface area contributed by atoms with Gasteiger partial charge in [0.05, 0.1) is 6.54 Å². The van der Waals surface area contributed by atoms with Crippen molar-refractivity contribution in [2.75, 3.05) is 0 Å². The van der Waals surface area contributed by atoms with Crippen molar-refractivity contribution in [2.24, 2.45) is 5.92 Å². The summed E-state index contributed by atoms with van der Waals surface area (Å²) < 4.78 is 0. The van der Waals surface area contributed by atoms with Crippen molar-refractivity contribution >= 4 is 11.9 Å². The van der Waals surface area contributed by atoms with Crippen molar-refractivity contribution in [2.45, 2.75) is 51.1 Å². The van der Waals surface area contributed by atoms with Gasteiger partial charge in [0.2, 0.25) is 0 Å². The number of hydrogen-bond donors (Lipinski definition) is 1. The lowest BCUT2D eigenvalue weighted by Crippen LogP contribution is -2.49. The quantitative estimate of drug-likeness (QED) is 0.798. The van der Waals surface area contributed by atoms with E-state index < -0.39 is 5.54 Å². The van der Waals surface area contributed by atoms with Gasteiger partial charge in [-0.2, -0.15) is 0 Å². The van der Waals surface area contributed by atoms with Gasteiger partial charge in [0.1, 0.15) is 5.54 Å². The first-order chi connectivity index (χ1) is 13.1. The molecule has 2 aromatic carbocycles. The van der Waals surface area contributed by atoms with Crippen molar-refractivity contribution in [1.29, 1.82) is 0 Å². The Balaban J connectivity index is 1.46. The Kier molecular flexibility index (Phi) is 4.73. The fourth-order valence-corrected chi connectivity index (χ4v) is 4.35. The minimum atomic E-state index is -0.660. The summed E-state index contributed by atoms with van der Waals surface area (Å²) in [5.74, 6) is 0.633. The van der Waals surface area contributed by atoms with E-state index in [2.05, 4.69) is 24.4 Å². The Labute approximate surface area is 160 Å². The Bertz CT molecular complexity index is 821. The average molecular weight is 362 g/mol. The molecule has 0 unspecified atom stereocenters. The highest BCUT2D eigenvalue weighted by molar-refractivity contribution is 6.07. The maximum absolute atomic E-state index is 13.0. The predicted octanol–water partition coefficient (Wildman–Crippen LogP) is 4.74. The monoisotopic (exact) mass is 362 g/mol. The summed E-state index contributed by atoms with van der Waals surface area (Å²) in [5, 5.41) is 3.01. The molecule has 0 aromatic heterocycles. The fraction of sp³-hybridized carbons (Fsp3) is 0.391. The molecule has 1 saturated carbocycles. The number of carbonyl (C=O) groups is 2. The maximum atomic E-state index is 13.0. The molecule has 4 nitrogen and oxygen atoms in total. The molecule has 0 atom stereocenters. The summed E-state index contributed by atoms with van der Waals surface area (Å²) in [6.07, 6.45) is 4.71. The Hall–Kier alpha value is -2.62. The molecular formula is C23H26N2O2. The molecule has 140 valence electrons. The van der Waals surface area contributed by atoms with Crippen LogP contribution in [0.1, 0.15) is 44.6 Å². The minimum Gasteiger partial charge on any atom is -0.323 e. The zero-order chi connectivity index (χ0) is 18.9. The summed E-state index contributed by atoms with van der Waals surface area (Å²) >= 11 is 0. The standard InChI is InChI=1S/C23H26N2O2/c1-2-17-12-14-23(15-13-17)21(26)25(22(27)24-23)16-18-8-10-20(11-9-18)19-6-4-3-5-7-19/h3-11,17H,2,12-16H2,1H3,(H,24,27). The van der Waals surface area contributed by atoms with Gasteiger partial charge in [0, 0.05) is 0 Å². The van der Waals surface area contributed by atoms with Crippen molar-refractivity contribution in [3.05, 3.63) is 60.2 Å². The molecule has 3 amide bonds. The first-order valence-electron chi connectivity index (χ1n) is 9.90. The number of imide groups is 1. The Morgan fingerprint density at radius 1 is 0.963 bits per heavy atom. The molecule has 1 N–H and O–H groups in total. The van der Waals surface area contributed by atoms with Crippen molar-refractivity contribution in [3.63, 3.8) is 0 Å². The fourth-order valence-electron chi connectivity index (χ4n) is 4.35. The van der Waals surface area contributed by atoms with Gasteiger partial charge in [-0.25, -0.2) is 4.79 Å². The summed E-state index contributed by atoms with van der Waals surface area (Å²) in [7, 11) is 0. The molecular weight excluding hydrogens is 336 g/mol. The second-order valence-corrected chi connectivity index (χ2v) is 7.82. The lowest BCUT2D eigenvalue weighted by atomic mass is 9.75. The zero-order valence-electron chi connectivity index (χ0n) is 15.8. The van der Waals surface area contributed by atoms with Crippen LogP contribution in [0.4, 0.5) is 4.79 Å². The smallest absolute Gasteiger partial charge is 0.323 e. The third-order valence-corrected chi connectivity index (χ3v) is 6.18.